The number of amides is 1. The standard InChI is InChI=1S/C16H18F3NO3/c1-10(15(22)23)9-20(12-6-7-12)14(21)8-11-4-2-3-5-13(11)16(17,18)19/h2-5,10,12H,6-9H2,1H3,(H,22,23)/t10-/m0/s1. The molecular weight excluding hydrogens is 311 g/mol. The lowest BCUT2D eigenvalue weighted by Crippen LogP contribution is -2.39. The molecule has 0 aromatic heterocycles. The zero-order valence-electron chi connectivity index (χ0n) is 12.6. The minimum atomic E-state index is -4.52. The Morgan fingerprint density at radius 2 is 1.91 bits per heavy atom. The summed E-state index contributed by atoms with van der Waals surface area (Å²) in [5.41, 5.74) is -0.908. The molecule has 0 saturated heterocycles. The summed E-state index contributed by atoms with van der Waals surface area (Å²) in [6, 6.07) is 4.92. The fraction of sp³-hybridized carbons (Fsp3) is 0.500. The number of carboxylic acids is 1. The van der Waals surface area contributed by atoms with Crippen molar-refractivity contribution in [2.24, 2.45) is 5.92 Å². The van der Waals surface area contributed by atoms with E-state index in [4.69, 9.17) is 5.11 Å². The topological polar surface area (TPSA) is 57.6 Å². The summed E-state index contributed by atoms with van der Waals surface area (Å²) in [5.74, 6) is -2.24. The summed E-state index contributed by atoms with van der Waals surface area (Å²) in [7, 11) is 0. The maximum Gasteiger partial charge on any atom is 0.416 e. The van der Waals surface area contributed by atoms with Gasteiger partial charge in [0.25, 0.3) is 0 Å². The van der Waals surface area contributed by atoms with Crippen LogP contribution in [0.4, 0.5) is 13.2 Å². The Bertz CT molecular complexity index is 596. The van der Waals surface area contributed by atoms with E-state index in [9.17, 15) is 22.8 Å². The van der Waals surface area contributed by atoms with Crippen LogP contribution in [0.3, 0.4) is 0 Å². The lowest BCUT2D eigenvalue weighted by molar-refractivity contribution is -0.143. The average molecular weight is 329 g/mol. The predicted octanol–water partition coefficient (Wildman–Crippen LogP) is 2.96. The van der Waals surface area contributed by atoms with E-state index >= 15 is 0 Å². The van der Waals surface area contributed by atoms with Gasteiger partial charge in [-0.15, -0.1) is 0 Å². The number of benzene rings is 1. The second kappa shape index (κ2) is 6.60. The van der Waals surface area contributed by atoms with E-state index in [-0.39, 0.29) is 24.6 Å². The zero-order chi connectivity index (χ0) is 17.2. The maximum absolute atomic E-state index is 13.0. The number of halogens is 3. The first-order valence-corrected chi connectivity index (χ1v) is 7.37. The van der Waals surface area contributed by atoms with Gasteiger partial charge in [-0.2, -0.15) is 13.2 Å². The van der Waals surface area contributed by atoms with Crippen molar-refractivity contribution in [1.82, 2.24) is 4.90 Å². The van der Waals surface area contributed by atoms with Gasteiger partial charge in [-0.1, -0.05) is 25.1 Å². The van der Waals surface area contributed by atoms with Crippen molar-refractivity contribution >= 4 is 11.9 Å². The first-order valence-electron chi connectivity index (χ1n) is 7.37. The second-order valence-electron chi connectivity index (χ2n) is 5.85. The maximum atomic E-state index is 13.0. The van der Waals surface area contributed by atoms with Gasteiger partial charge in [-0.25, -0.2) is 0 Å². The molecule has 126 valence electrons. The number of hydrogen-bond acceptors (Lipinski definition) is 2. The molecule has 0 aliphatic heterocycles. The van der Waals surface area contributed by atoms with Gasteiger partial charge in [0.05, 0.1) is 17.9 Å². The Kier molecular flexibility index (Phi) is 4.97. The molecule has 1 saturated carbocycles. The third kappa shape index (κ3) is 4.46. The van der Waals surface area contributed by atoms with Crippen molar-refractivity contribution in [3.63, 3.8) is 0 Å². The first kappa shape index (κ1) is 17.3. The Labute approximate surface area is 131 Å². The summed E-state index contributed by atoms with van der Waals surface area (Å²) in [4.78, 5) is 24.8. The summed E-state index contributed by atoms with van der Waals surface area (Å²) in [5, 5.41) is 8.97. The van der Waals surface area contributed by atoms with E-state index in [1.165, 1.54) is 30.0 Å². The van der Waals surface area contributed by atoms with E-state index in [1.54, 1.807) is 0 Å². The molecule has 0 unspecified atom stereocenters. The van der Waals surface area contributed by atoms with Crippen LogP contribution in [0.2, 0.25) is 0 Å². The van der Waals surface area contributed by atoms with E-state index in [0.717, 1.165) is 18.9 Å². The number of nitrogens with zero attached hydrogens (tertiary/aromatic N) is 1. The Hall–Kier alpha value is -2.05. The molecule has 1 fully saturated rings. The average Bonchev–Trinajstić information content (AvgIpc) is 3.28. The molecule has 1 aromatic carbocycles. The fourth-order valence-corrected chi connectivity index (χ4v) is 2.43. The van der Waals surface area contributed by atoms with Gasteiger partial charge >= 0.3 is 12.1 Å². The second-order valence-corrected chi connectivity index (χ2v) is 5.85. The Morgan fingerprint density at radius 1 is 1.30 bits per heavy atom. The Balaban J connectivity index is 2.15. The molecule has 4 nitrogen and oxygen atoms in total. The van der Waals surface area contributed by atoms with Crippen LogP contribution in [0.25, 0.3) is 0 Å². The largest absolute Gasteiger partial charge is 0.481 e. The van der Waals surface area contributed by atoms with Crippen LogP contribution < -0.4 is 0 Å². The molecule has 7 heteroatoms. The van der Waals surface area contributed by atoms with E-state index < -0.39 is 29.5 Å². The fourth-order valence-electron chi connectivity index (χ4n) is 2.43. The minimum absolute atomic E-state index is 0.0209. The first-order chi connectivity index (χ1) is 10.7. The number of carbonyl (C=O) groups excluding carboxylic acids is 1. The number of carbonyl (C=O) groups is 2. The van der Waals surface area contributed by atoms with Crippen molar-refractivity contribution in [2.75, 3.05) is 6.54 Å². The van der Waals surface area contributed by atoms with E-state index in [1.807, 2.05) is 0 Å². The molecule has 1 amide bonds. The van der Waals surface area contributed by atoms with Gasteiger partial charge in [0.15, 0.2) is 0 Å². The van der Waals surface area contributed by atoms with Crippen molar-refractivity contribution in [3.8, 4) is 0 Å². The van der Waals surface area contributed by atoms with Gasteiger partial charge in [0.2, 0.25) is 5.91 Å². The Morgan fingerprint density at radius 3 is 2.43 bits per heavy atom. The minimum Gasteiger partial charge on any atom is -0.481 e. The third-order valence-electron chi connectivity index (χ3n) is 3.86. The highest BCUT2D eigenvalue weighted by Crippen LogP contribution is 2.33. The molecule has 0 radical (unpaired) electrons. The van der Waals surface area contributed by atoms with Gasteiger partial charge in [-0.05, 0) is 24.5 Å². The molecule has 0 heterocycles. The van der Waals surface area contributed by atoms with Crippen molar-refractivity contribution in [3.05, 3.63) is 35.4 Å². The summed E-state index contributed by atoms with van der Waals surface area (Å²) >= 11 is 0. The molecule has 1 aromatic rings. The quantitative estimate of drug-likeness (QED) is 0.873. The highest BCUT2D eigenvalue weighted by atomic mass is 19.4. The van der Waals surface area contributed by atoms with Gasteiger partial charge in [0, 0.05) is 12.6 Å². The lowest BCUT2D eigenvalue weighted by Gasteiger charge is -2.25. The smallest absolute Gasteiger partial charge is 0.416 e. The number of aliphatic carboxylic acids is 1. The summed E-state index contributed by atoms with van der Waals surface area (Å²) in [6.45, 7) is 1.50. The molecule has 23 heavy (non-hydrogen) atoms. The van der Waals surface area contributed by atoms with E-state index in [0.29, 0.717) is 0 Å². The van der Waals surface area contributed by atoms with Crippen LogP contribution in [0.1, 0.15) is 30.9 Å². The van der Waals surface area contributed by atoms with Crippen molar-refractivity contribution < 1.29 is 27.9 Å². The molecule has 1 atom stereocenters. The molecule has 0 spiro atoms. The van der Waals surface area contributed by atoms with Crippen molar-refractivity contribution in [2.45, 2.75) is 38.4 Å². The zero-order valence-corrected chi connectivity index (χ0v) is 12.6. The van der Waals surface area contributed by atoms with Crippen LogP contribution in [0.15, 0.2) is 24.3 Å². The molecule has 2 rings (SSSR count). The highest BCUT2D eigenvalue weighted by Gasteiger charge is 2.37. The van der Waals surface area contributed by atoms with Gasteiger partial charge in [-0.3, -0.25) is 9.59 Å². The molecule has 1 N–H and O–H groups in total. The highest BCUT2D eigenvalue weighted by molar-refractivity contribution is 5.80. The number of alkyl halides is 3. The third-order valence-corrected chi connectivity index (χ3v) is 3.86. The molecule has 1 aliphatic carbocycles. The van der Waals surface area contributed by atoms with Crippen LogP contribution in [-0.4, -0.2) is 34.5 Å². The van der Waals surface area contributed by atoms with Crippen LogP contribution in [0, 0.1) is 5.92 Å². The van der Waals surface area contributed by atoms with Crippen LogP contribution >= 0.6 is 0 Å². The number of rotatable bonds is 6. The number of hydrogen-bond donors (Lipinski definition) is 1. The SMILES string of the molecule is C[C@@H](CN(C(=O)Cc1ccccc1C(F)(F)F)C1CC1)C(=O)O. The van der Waals surface area contributed by atoms with E-state index in [2.05, 4.69) is 0 Å². The van der Waals surface area contributed by atoms with Gasteiger partial charge in [0.1, 0.15) is 0 Å². The van der Waals surface area contributed by atoms with Crippen LogP contribution in [0.5, 0.6) is 0 Å². The molecule has 1 aliphatic rings. The normalized spacial score (nSPS) is 16.0. The van der Waals surface area contributed by atoms with Gasteiger partial charge < -0.3 is 10.0 Å². The molecule has 0 bridgehead atoms. The lowest BCUT2D eigenvalue weighted by atomic mass is 10.0. The predicted molar refractivity (Wildman–Crippen MR) is 76.7 cm³/mol. The monoisotopic (exact) mass is 329 g/mol. The summed E-state index contributed by atoms with van der Waals surface area (Å²) < 4.78 is 39.0. The van der Waals surface area contributed by atoms with Crippen molar-refractivity contribution in [1.29, 1.82) is 0 Å². The number of carboxylic acid groups (broad SMARTS) is 1. The molecular formula is C16H18F3NO3. The summed E-state index contributed by atoms with van der Waals surface area (Å²) in [6.07, 6.45) is -3.37. The van der Waals surface area contributed by atoms with Crippen LogP contribution in [-0.2, 0) is 22.2 Å².